The summed E-state index contributed by atoms with van der Waals surface area (Å²) in [7, 11) is -3.77. The monoisotopic (exact) mass is 520 g/mol. The number of nitrogens with two attached hydrogens (primary N) is 2. The van der Waals surface area contributed by atoms with Crippen molar-refractivity contribution in [2.24, 2.45) is 5.73 Å². The van der Waals surface area contributed by atoms with Crippen molar-refractivity contribution in [3.05, 3.63) is 93.4 Å². The van der Waals surface area contributed by atoms with E-state index in [1.165, 1.54) is 30.3 Å². The molecule has 1 aliphatic carbocycles. The molecule has 0 amide bonds. The van der Waals surface area contributed by atoms with E-state index >= 15 is 4.39 Å². The molecule has 1 aliphatic rings. The fraction of sp³-hybridized carbons (Fsp3) is 0.185. The van der Waals surface area contributed by atoms with E-state index in [1.807, 2.05) is 13.0 Å². The number of H-pyrrole nitrogens is 1. The van der Waals surface area contributed by atoms with E-state index in [0.29, 0.717) is 51.8 Å². The second-order valence-electron chi connectivity index (χ2n) is 9.32. The highest BCUT2D eigenvalue weighted by Crippen LogP contribution is 2.43. The summed E-state index contributed by atoms with van der Waals surface area (Å²) in [4.78, 5) is 13.7. The van der Waals surface area contributed by atoms with Gasteiger partial charge in [-0.2, -0.15) is 0 Å². The lowest BCUT2D eigenvalue weighted by atomic mass is 9.88. The molecule has 0 radical (unpaired) electrons. The molecule has 1 aromatic heterocycles. The molecule has 0 saturated carbocycles. The molecule has 0 fully saturated rings. The van der Waals surface area contributed by atoms with Gasteiger partial charge in [-0.15, -0.1) is 0 Å². The van der Waals surface area contributed by atoms with Crippen LogP contribution in [-0.4, -0.2) is 23.6 Å². The van der Waals surface area contributed by atoms with E-state index in [4.69, 9.17) is 11.5 Å². The number of aryl methyl sites for hydroxylation is 1. The van der Waals surface area contributed by atoms with Crippen LogP contribution in [0.15, 0.2) is 60.0 Å². The minimum Gasteiger partial charge on any atom is -0.399 e. The highest BCUT2D eigenvalue weighted by atomic mass is 32.2. The first-order chi connectivity index (χ1) is 17.5. The van der Waals surface area contributed by atoms with E-state index in [2.05, 4.69) is 11.6 Å². The van der Waals surface area contributed by atoms with Gasteiger partial charge in [-0.25, -0.2) is 12.8 Å². The third-order valence-corrected chi connectivity index (χ3v) is 9.38. The first-order valence-electron chi connectivity index (χ1n) is 11.6. The lowest BCUT2D eigenvalue weighted by Gasteiger charge is -2.23. The Morgan fingerprint density at radius 2 is 1.92 bits per heavy atom. The molecule has 37 heavy (non-hydrogen) atoms. The smallest absolute Gasteiger partial charge is 0.269 e. The summed E-state index contributed by atoms with van der Waals surface area (Å²) < 4.78 is 42.5. The predicted molar refractivity (Wildman–Crippen MR) is 142 cm³/mol. The summed E-state index contributed by atoms with van der Waals surface area (Å²) >= 11 is 0. The third kappa shape index (κ3) is 3.93. The zero-order valence-electron chi connectivity index (χ0n) is 20.0. The van der Waals surface area contributed by atoms with Gasteiger partial charge in [0.1, 0.15) is 5.82 Å². The van der Waals surface area contributed by atoms with Crippen LogP contribution in [0.25, 0.3) is 27.7 Å². The van der Waals surface area contributed by atoms with Crippen LogP contribution in [0.5, 0.6) is 0 Å². The van der Waals surface area contributed by atoms with Crippen molar-refractivity contribution in [1.82, 2.24) is 4.98 Å². The average molecular weight is 521 g/mol. The Labute approximate surface area is 212 Å². The van der Waals surface area contributed by atoms with Gasteiger partial charge < -0.3 is 16.5 Å². The number of nitrogen functional groups attached to an aromatic ring is 1. The molecule has 10 heteroatoms. The highest BCUT2D eigenvalue weighted by Gasteiger charge is 2.34. The zero-order chi connectivity index (χ0) is 26.6. The minimum atomic E-state index is -3.77. The van der Waals surface area contributed by atoms with E-state index in [9.17, 15) is 18.5 Å². The van der Waals surface area contributed by atoms with Crippen molar-refractivity contribution in [1.29, 1.82) is 0 Å². The molecule has 4 aromatic rings. The van der Waals surface area contributed by atoms with Gasteiger partial charge in [0.05, 0.1) is 20.6 Å². The number of nitro groups is 1. The van der Waals surface area contributed by atoms with Crippen molar-refractivity contribution < 1.29 is 17.7 Å². The van der Waals surface area contributed by atoms with E-state index < -0.39 is 25.8 Å². The van der Waals surface area contributed by atoms with Gasteiger partial charge in [0.2, 0.25) is 0 Å². The standard InChI is InChI=1S/C27H25FN4O4S/c1-14-19(4-3-5-23(14)30)25-22(28)13-21(15(2)29)27-26(25)20-11-10-18(12-24(20)31-27)37(35,36)17-8-6-16(7-9-17)32(33)34/h3-9,13,18,31H,2,10-12,29-30H2,1H3. The van der Waals surface area contributed by atoms with Crippen LogP contribution in [-0.2, 0) is 22.7 Å². The number of halogens is 1. The summed E-state index contributed by atoms with van der Waals surface area (Å²) in [6.45, 7) is 5.63. The van der Waals surface area contributed by atoms with Gasteiger partial charge in [-0.1, -0.05) is 18.7 Å². The quantitative estimate of drug-likeness (QED) is 0.191. The largest absolute Gasteiger partial charge is 0.399 e. The summed E-state index contributed by atoms with van der Waals surface area (Å²) in [5.41, 5.74) is 17.0. The summed E-state index contributed by atoms with van der Waals surface area (Å²) in [5.74, 6) is -0.467. The number of non-ortho nitro benzene ring substituents is 1. The molecule has 0 spiro atoms. The Bertz CT molecular complexity index is 1710. The molecule has 0 aliphatic heterocycles. The Morgan fingerprint density at radius 3 is 2.57 bits per heavy atom. The average Bonchev–Trinajstić information content (AvgIpc) is 3.24. The van der Waals surface area contributed by atoms with E-state index in [0.717, 1.165) is 11.1 Å². The maximum absolute atomic E-state index is 15.7. The Hall–Kier alpha value is -4.18. The third-order valence-electron chi connectivity index (χ3n) is 7.18. The number of aromatic nitrogens is 1. The lowest BCUT2D eigenvalue weighted by molar-refractivity contribution is -0.384. The van der Waals surface area contributed by atoms with Crippen LogP contribution >= 0.6 is 0 Å². The molecule has 190 valence electrons. The van der Waals surface area contributed by atoms with E-state index in [-0.39, 0.29) is 22.7 Å². The van der Waals surface area contributed by atoms with Gasteiger partial charge in [0, 0.05) is 52.1 Å². The molecule has 8 nitrogen and oxygen atoms in total. The SMILES string of the molecule is C=C(N)c1cc(F)c(-c2cccc(N)c2C)c2c3c([nH]c12)CC(S(=O)(=O)c1ccc([N+](=O)[O-])cc1)CC3. The van der Waals surface area contributed by atoms with Crippen molar-refractivity contribution in [3.8, 4) is 11.1 Å². The molecular formula is C27H25FN4O4S. The molecule has 5 rings (SSSR count). The number of aromatic amines is 1. The maximum atomic E-state index is 15.7. The minimum absolute atomic E-state index is 0.0285. The number of benzene rings is 3. The van der Waals surface area contributed by atoms with Gasteiger partial charge in [0.15, 0.2) is 9.84 Å². The number of hydrogen-bond donors (Lipinski definition) is 3. The number of hydrogen-bond acceptors (Lipinski definition) is 6. The molecule has 5 N–H and O–H groups in total. The first kappa shape index (κ1) is 24.5. The molecule has 1 unspecified atom stereocenters. The number of rotatable bonds is 5. The van der Waals surface area contributed by atoms with E-state index in [1.54, 1.807) is 12.1 Å². The van der Waals surface area contributed by atoms with Gasteiger partial charge >= 0.3 is 0 Å². The second kappa shape index (κ2) is 8.74. The van der Waals surface area contributed by atoms with Crippen LogP contribution in [0, 0.1) is 22.9 Å². The molecule has 3 aromatic carbocycles. The van der Waals surface area contributed by atoms with Crippen molar-refractivity contribution in [2.75, 3.05) is 5.73 Å². The van der Waals surface area contributed by atoms with Crippen LogP contribution in [0.2, 0.25) is 0 Å². The highest BCUT2D eigenvalue weighted by molar-refractivity contribution is 7.92. The van der Waals surface area contributed by atoms with Gasteiger partial charge in [-0.05, 0) is 60.7 Å². The summed E-state index contributed by atoms with van der Waals surface area (Å²) in [6, 6.07) is 11.6. The van der Waals surface area contributed by atoms with Crippen LogP contribution < -0.4 is 11.5 Å². The fourth-order valence-corrected chi connectivity index (χ4v) is 6.91. The van der Waals surface area contributed by atoms with Gasteiger partial charge in [-0.3, -0.25) is 10.1 Å². The van der Waals surface area contributed by atoms with Crippen LogP contribution in [0.4, 0.5) is 15.8 Å². The first-order valence-corrected chi connectivity index (χ1v) is 13.2. The van der Waals surface area contributed by atoms with Crippen molar-refractivity contribution >= 4 is 37.8 Å². The number of nitrogens with zero attached hydrogens (tertiary/aromatic N) is 1. The summed E-state index contributed by atoms with van der Waals surface area (Å²) in [5, 5.41) is 10.9. The molecule has 0 bridgehead atoms. The second-order valence-corrected chi connectivity index (χ2v) is 11.5. The maximum Gasteiger partial charge on any atom is 0.269 e. The summed E-state index contributed by atoms with van der Waals surface area (Å²) in [6.07, 6.45) is 0.876. The zero-order valence-corrected chi connectivity index (χ0v) is 20.9. The Balaban J connectivity index is 1.65. The van der Waals surface area contributed by atoms with Crippen molar-refractivity contribution in [3.63, 3.8) is 0 Å². The number of sulfone groups is 1. The Morgan fingerprint density at radius 1 is 1.22 bits per heavy atom. The van der Waals surface area contributed by atoms with Crippen molar-refractivity contribution in [2.45, 2.75) is 36.3 Å². The van der Waals surface area contributed by atoms with Crippen LogP contribution in [0.1, 0.15) is 28.8 Å². The number of anilines is 1. The normalized spacial score (nSPS) is 15.5. The lowest BCUT2D eigenvalue weighted by Crippen LogP contribution is -2.28. The predicted octanol–water partition coefficient (Wildman–Crippen LogP) is 5.03. The molecular weight excluding hydrogens is 495 g/mol. The Kier molecular flexibility index (Phi) is 5.79. The molecule has 1 atom stereocenters. The molecule has 1 heterocycles. The van der Waals surface area contributed by atoms with Crippen LogP contribution in [0.3, 0.4) is 0 Å². The number of fused-ring (bicyclic) bond motifs is 3. The number of nitro benzene ring substituents is 1. The number of nitrogens with one attached hydrogen (secondary N) is 1. The topological polar surface area (TPSA) is 145 Å². The molecule has 0 saturated heterocycles. The fourth-order valence-electron chi connectivity index (χ4n) is 5.20. The van der Waals surface area contributed by atoms with Gasteiger partial charge in [0.25, 0.3) is 5.69 Å².